The summed E-state index contributed by atoms with van der Waals surface area (Å²) in [7, 11) is 0. The van der Waals surface area contributed by atoms with Crippen molar-refractivity contribution < 1.29 is 14.3 Å². The van der Waals surface area contributed by atoms with Crippen LogP contribution in [0.4, 0.5) is 0 Å². The number of piperidine rings is 1. The molecule has 3 rings (SSSR count). The van der Waals surface area contributed by atoms with Crippen molar-refractivity contribution in [1.82, 2.24) is 4.90 Å². The lowest BCUT2D eigenvalue weighted by molar-refractivity contribution is -0.153. The molecule has 0 aromatic heterocycles. The van der Waals surface area contributed by atoms with E-state index in [2.05, 4.69) is 6.92 Å². The summed E-state index contributed by atoms with van der Waals surface area (Å²) in [4.78, 5) is 14.8. The van der Waals surface area contributed by atoms with Gasteiger partial charge in [0.1, 0.15) is 6.61 Å². The summed E-state index contributed by atoms with van der Waals surface area (Å²) in [5.74, 6) is 1.33. The second kappa shape index (κ2) is 6.57. The number of rotatable bonds is 2. The van der Waals surface area contributed by atoms with Gasteiger partial charge in [0, 0.05) is 13.1 Å². The van der Waals surface area contributed by atoms with E-state index < -0.39 is 5.60 Å². The van der Waals surface area contributed by atoms with Gasteiger partial charge < -0.3 is 20.1 Å². The average molecular weight is 341 g/mol. The molecule has 23 heavy (non-hydrogen) atoms. The number of amides is 1. The largest absolute Gasteiger partial charge is 0.485 e. The highest BCUT2D eigenvalue weighted by atomic mass is 35.5. The Balaban J connectivity index is 0.00000192. The zero-order valence-corrected chi connectivity index (χ0v) is 14.5. The van der Waals surface area contributed by atoms with Crippen molar-refractivity contribution in [3.63, 3.8) is 0 Å². The number of hydrogen-bond acceptors (Lipinski definition) is 4. The number of carbonyl (C=O) groups is 1. The number of ether oxygens (including phenoxy) is 2. The second-order valence-electron chi connectivity index (χ2n) is 6.88. The third-order valence-electron chi connectivity index (χ3n) is 4.89. The maximum Gasteiger partial charge on any atom is 0.270 e. The van der Waals surface area contributed by atoms with Crippen LogP contribution in [-0.2, 0) is 4.79 Å². The van der Waals surface area contributed by atoms with E-state index in [1.807, 2.05) is 36.1 Å². The molecule has 1 fully saturated rings. The predicted octanol–water partition coefficient (Wildman–Crippen LogP) is 2.23. The number of halogens is 1. The van der Waals surface area contributed by atoms with Gasteiger partial charge in [0.2, 0.25) is 5.60 Å². The fraction of sp³-hybridized carbons (Fsp3) is 0.588. The lowest BCUT2D eigenvalue weighted by atomic mass is 9.80. The molecule has 0 spiro atoms. The van der Waals surface area contributed by atoms with Gasteiger partial charge in [-0.3, -0.25) is 4.79 Å². The Hall–Kier alpha value is -1.46. The smallest absolute Gasteiger partial charge is 0.270 e. The first kappa shape index (κ1) is 17.9. The second-order valence-corrected chi connectivity index (χ2v) is 6.88. The van der Waals surface area contributed by atoms with Crippen LogP contribution in [0.15, 0.2) is 24.3 Å². The van der Waals surface area contributed by atoms with E-state index in [0.717, 1.165) is 25.9 Å². The molecule has 5 nitrogen and oxygen atoms in total. The molecule has 0 saturated carbocycles. The molecule has 1 amide bonds. The van der Waals surface area contributed by atoms with Gasteiger partial charge in [-0.25, -0.2) is 0 Å². The molecule has 0 aliphatic carbocycles. The number of fused-ring (bicyclic) bond motifs is 1. The van der Waals surface area contributed by atoms with E-state index in [0.29, 0.717) is 18.0 Å². The summed E-state index contributed by atoms with van der Waals surface area (Å²) in [6.45, 7) is 6.36. The molecule has 1 aromatic rings. The van der Waals surface area contributed by atoms with Crippen LogP contribution in [0.2, 0.25) is 0 Å². The summed E-state index contributed by atoms with van der Waals surface area (Å²) in [6, 6.07) is 7.46. The molecule has 2 heterocycles. The van der Waals surface area contributed by atoms with Crippen molar-refractivity contribution in [3.05, 3.63) is 24.3 Å². The average Bonchev–Trinajstić information content (AvgIpc) is 2.55. The lowest BCUT2D eigenvalue weighted by Crippen LogP contribution is -2.58. The van der Waals surface area contributed by atoms with Crippen molar-refractivity contribution in [1.29, 1.82) is 0 Å². The fourth-order valence-corrected chi connectivity index (χ4v) is 3.03. The van der Waals surface area contributed by atoms with E-state index in [-0.39, 0.29) is 30.3 Å². The summed E-state index contributed by atoms with van der Waals surface area (Å²) < 4.78 is 11.7. The molecule has 2 aliphatic heterocycles. The van der Waals surface area contributed by atoms with Crippen molar-refractivity contribution in [2.45, 2.75) is 32.3 Å². The molecule has 0 radical (unpaired) electrons. The van der Waals surface area contributed by atoms with E-state index in [1.54, 1.807) is 0 Å². The molecule has 2 N–H and O–H groups in total. The standard InChI is InChI=1S/C17H24N2O3.ClH/c1-16(11-18)7-9-19(10-8-16)15(20)17(2)12-21-13-5-3-4-6-14(13)22-17;/h3-6H,7-12,18H2,1-2H3;1H/t17-;/m0./s1. The Morgan fingerprint density at radius 2 is 1.83 bits per heavy atom. The minimum absolute atomic E-state index is 0. The van der Waals surface area contributed by atoms with Crippen molar-refractivity contribution in [2.24, 2.45) is 11.1 Å². The SMILES string of the molecule is CC1(CN)CCN(C(=O)[C@]2(C)COc3ccccc3O2)CC1.Cl. The molecule has 2 aliphatic rings. The number of likely N-dealkylation sites (tertiary alicyclic amines) is 1. The summed E-state index contributed by atoms with van der Waals surface area (Å²) in [6.07, 6.45) is 1.87. The zero-order chi connectivity index (χ0) is 15.8. The molecule has 128 valence electrons. The third-order valence-corrected chi connectivity index (χ3v) is 4.89. The monoisotopic (exact) mass is 340 g/mol. The molecule has 1 atom stereocenters. The Bertz CT molecular complexity index is 573. The van der Waals surface area contributed by atoms with Gasteiger partial charge >= 0.3 is 0 Å². The quantitative estimate of drug-likeness (QED) is 0.896. The summed E-state index contributed by atoms with van der Waals surface area (Å²) in [5.41, 5.74) is 5.03. The van der Waals surface area contributed by atoms with Gasteiger partial charge in [-0.05, 0) is 43.9 Å². The Kier molecular flexibility index (Phi) is 5.11. The normalized spacial score (nSPS) is 25.4. The number of benzene rings is 1. The van der Waals surface area contributed by atoms with Crippen LogP contribution in [0, 0.1) is 5.41 Å². The third kappa shape index (κ3) is 3.40. The van der Waals surface area contributed by atoms with E-state index in [1.165, 1.54) is 0 Å². The highest BCUT2D eigenvalue weighted by Crippen LogP contribution is 2.37. The molecule has 1 saturated heterocycles. The Morgan fingerprint density at radius 3 is 2.43 bits per heavy atom. The minimum Gasteiger partial charge on any atom is -0.485 e. The Morgan fingerprint density at radius 1 is 1.22 bits per heavy atom. The van der Waals surface area contributed by atoms with Gasteiger partial charge in [0.15, 0.2) is 11.5 Å². The molecule has 0 bridgehead atoms. The summed E-state index contributed by atoms with van der Waals surface area (Å²) in [5, 5.41) is 0. The van der Waals surface area contributed by atoms with Crippen LogP contribution < -0.4 is 15.2 Å². The van der Waals surface area contributed by atoms with Crippen molar-refractivity contribution in [2.75, 3.05) is 26.2 Å². The van der Waals surface area contributed by atoms with Crippen LogP contribution in [0.25, 0.3) is 0 Å². The maximum atomic E-state index is 12.9. The zero-order valence-electron chi connectivity index (χ0n) is 13.7. The molecule has 0 unspecified atom stereocenters. The van der Waals surface area contributed by atoms with Gasteiger partial charge in [0.25, 0.3) is 5.91 Å². The van der Waals surface area contributed by atoms with Crippen LogP contribution in [-0.4, -0.2) is 42.6 Å². The number of nitrogens with zero attached hydrogens (tertiary/aromatic N) is 1. The number of carbonyl (C=O) groups excluding carboxylic acids is 1. The maximum absolute atomic E-state index is 12.9. The number of nitrogens with two attached hydrogens (primary N) is 1. The van der Waals surface area contributed by atoms with Gasteiger partial charge in [-0.15, -0.1) is 12.4 Å². The number of para-hydroxylation sites is 2. The van der Waals surface area contributed by atoms with Crippen LogP contribution >= 0.6 is 12.4 Å². The van der Waals surface area contributed by atoms with E-state index in [9.17, 15) is 4.79 Å². The summed E-state index contributed by atoms with van der Waals surface area (Å²) >= 11 is 0. The predicted molar refractivity (Wildman–Crippen MR) is 91.2 cm³/mol. The van der Waals surface area contributed by atoms with Crippen LogP contribution in [0.3, 0.4) is 0 Å². The van der Waals surface area contributed by atoms with Crippen LogP contribution in [0.5, 0.6) is 11.5 Å². The lowest BCUT2D eigenvalue weighted by Gasteiger charge is -2.43. The first-order valence-electron chi connectivity index (χ1n) is 7.86. The molecular formula is C17H25ClN2O3. The highest BCUT2D eigenvalue weighted by Gasteiger charge is 2.44. The minimum atomic E-state index is -0.954. The van der Waals surface area contributed by atoms with Crippen LogP contribution in [0.1, 0.15) is 26.7 Å². The van der Waals surface area contributed by atoms with Gasteiger partial charge in [-0.2, -0.15) is 0 Å². The van der Waals surface area contributed by atoms with Crippen molar-refractivity contribution >= 4 is 18.3 Å². The molecule has 6 heteroatoms. The van der Waals surface area contributed by atoms with Crippen molar-refractivity contribution in [3.8, 4) is 11.5 Å². The molecular weight excluding hydrogens is 316 g/mol. The number of hydrogen-bond donors (Lipinski definition) is 1. The highest BCUT2D eigenvalue weighted by molar-refractivity contribution is 5.86. The topological polar surface area (TPSA) is 64.8 Å². The first-order chi connectivity index (χ1) is 10.5. The van der Waals surface area contributed by atoms with Gasteiger partial charge in [0.05, 0.1) is 0 Å². The van der Waals surface area contributed by atoms with E-state index >= 15 is 0 Å². The Labute approximate surface area is 143 Å². The van der Waals surface area contributed by atoms with Gasteiger partial charge in [-0.1, -0.05) is 19.1 Å². The fourth-order valence-electron chi connectivity index (χ4n) is 3.03. The first-order valence-corrected chi connectivity index (χ1v) is 7.86. The van der Waals surface area contributed by atoms with E-state index in [4.69, 9.17) is 15.2 Å². The molecule has 1 aromatic carbocycles.